The second kappa shape index (κ2) is 6.61. The molecule has 0 fully saturated rings. The Morgan fingerprint density at radius 2 is 2.00 bits per heavy atom. The minimum Gasteiger partial charge on any atom is -0.497 e. The van der Waals surface area contributed by atoms with Gasteiger partial charge in [0.25, 0.3) is 5.56 Å². The van der Waals surface area contributed by atoms with E-state index in [1.54, 1.807) is 18.9 Å². The third-order valence-corrected chi connectivity index (χ3v) is 3.78. The highest BCUT2D eigenvalue weighted by atomic mass is 32.2. The van der Waals surface area contributed by atoms with Crippen molar-refractivity contribution in [3.8, 4) is 5.75 Å². The summed E-state index contributed by atoms with van der Waals surface area (Å²) in [6.07, 6.45) is 0.579. The number of aromatic nitrogens is 2. The van der Waals surface area contributed by atoms with E-state index in [-0.39, 0.29) is 5.56 Å². The number of aryl methyl sites for hydroxylation is 1. The fraction of sp³-hybridized carbons (Fsp3) is 0.333. The number of thioether (sulfide) groups is 1. The highest BCUT2D eigenvalue weighted by molar-refractivity contribution is 7.99. The smallest absolute Gasteiger partial charge is 0.255 e. The molecule has 4 nitrogen and oxygen atoms in total. The zero-order valence-electron chi connectivity index (χ0n) is 11.9. The molecular weight excluding hydrogens is 272 g/mol. The van der Waals surface area contributed by atoms with Crippen LogP contribution in [0.1, 0.15) is 23.7 Å². The molecular formula is C15H18N2O2S. The molecule has 106 valence electrons. The summed E-state index contributed by atoms with van der Waals surface area (Å²) in [5.41, 5.74) is 2.53. The molecule has 0 saturated heterocycles. The lowest BCUT2D eigenvalue weighted by Gasteiger charge is -2.07. The van der Waals surface area contributed by atoms with Gasteiger partial charge in [0.15, 0.2) is 5.16 Å². The molecule has 0 aliphatic rings. The molecule has 1 aromatic heterocycles. The average molecular weight is 290 g/mol. The molecule has 0 spiro atoms. The fourth-order valence-electron chi connectivity index (χ4n) is 1.95. The van der Waals surface area contributed by atoms with Gasteiger partial charge in [-0.25, -0.2) is 4.98 Å². The first-order valence-corrected chi connectivity index (χ1v) is 7.48. The van der Waals surface area contributed by atoms with E-state index in [1.807, 2.05) is 38.1 Å². The summed E-state index contributed by atoms with van der Waals surface area (Å²) in [4.78, 5) is 19.4. The fourth-order valence-corrected chi connectivity index (χ4v) is 2.59. The molecule has 2 rings (SSSR count). The molecule has 1 N–H and O–H groups in total. The highest BCUT2D eigenvalue weighted by Gasteiger charge is 2.09. The summed E-state index contributed by atoms with van der Waals surface area (Å²) in [6, 6.07) is 7.72. The lowest BCUT2D eigenvalue weighted by atomic mass is 10.1. The van der Waals surface area contributed by atoms with Crippen molar-refractivity contribution in [3.05, 3.63) is 51.4 Å². The Balaban J connectivity index is 2.26. The summed E-state index contributed by atoms with van der Waals surface area (Å²) in [6.45, 7) is 3.92. The number of hydrogen-bond acceptors (Lipinski definition) is 4. The zero-order chi connectivity index (χ0) is 14.5. The summed E-state index contributed by atoms with van der Waals surface area (Å²) >= 11 is 1.54. The number of ether oxygens (including phenoxy) is 1. The van der Waals surface area contributed by atoms with Crippen LogP contribution in [0, 0.1) is 6.92 Å². The van der Waals surface area contributed by atoms with Gasteiger partial charge in [0.1, 0.15) is 5.75 Å². The Morgan fingerprint density at radius 1 is 1.30 bits per heavy atom. The maximum Gasteiger partial charge on any atom is 0.255 e. The van der Waals surface area contributed by atoms with Gasteiger partial charge in [0, 0.05) is 17.7 Å². The van der Waals surface area contributed by atoms with Gasteiger partial charge in [-0.15, -0.1) is 0 Å². The molecule has 0 aliphatic heterocycles. The summed E-state index contributed by atoms with van der Waals surface area (Å²) in [7, 11) is 1.64. The molecule has 0 saturated carbocycles. The predicted octanol–water partition coefficient (Wildman–Crippen LogP) is 2.79. The van der Waals surface area contributed by atoms with E-state index in [9.17, 15) is 4.79 Å². The first-order valence-electron chi connectivity index (χ1n) is 6.49. The molecule has 0 bridgehead atoms. The first kappa shape index (κ1) is 14.7. The Hall–Kier alpha value is -1.75. The van der Waals surface area contributed by atoms with Crippen LogP contribution in [0.4, 0.5) is 0 Å². The SMILES string of the molecule is CCSc1nc(C)c(Cc2ccc(OC)cc2)c(=O)[nH]1. The van der Waals surface area contributed by atoms with Crippen molar-refractivity contribution in [2.45, 2.75) is 25.4 Å². The van der Waals surface area contributed by atoms with Crippen LogP contribution in [0.2, 0.25) is 0 Å². The minimum atomic E-state index is -0.0516. The van der Waals surface area contributed by atoms with Crippen molar-refractivity contribution < 1.29 is 4.74 Å². The number of rotatable bonds is 5. The van der Waals surface area contributed by atoms with E-state index in [2.05, 4.69) is 9.97 Å². The molecule has 0 amide bonds. The Kier molecular flexibility index (Phi) is 4.84. The predicted molar refractivity (Wildman–Crippen MR) is 81.8 cm³/mol. The number of H-pyrrole nitrogens is 1. The molecule has 5 heteroatoms. The Morgan fingerprint density at radius 3 is 2.55 bits per heavy atom. The molecule has 0 unspecified atom stereocenters. The van der Waals surface area contributed by atoms with Crippen molar-refractivity contribution in [2.24, 2.45) is 0 Å². The van der Waals surface area contributed by atoms with Gasteiger partial charge in [-0.2, -0.15) is 0 Å². The van der Waals surface area contributed by atoms with Crippen molar-refractivity contribution >= 4 is 11.8 Å². The third-order valence-electron chi connectivity index (χ3n) is 3.02. The van der Waals surface area contributed by atoms with Gasteiger partial charge in [0.2, 0.25) is 0 Å². The van der Waals surface area contributed by atoms with Gasteiger partial charge in [-0.05, 0) is 30.4 Å². The lowest BCUT2D eigenvalue weighted by Crippen LogP contribution is -2.17. The van der Waals surface area contributed by atoms with Gasteiger partial charge in [-0.3, -0.25) is 4.79 Å². The quantitative estimate of drug-likeness (QED) is 0.679. The van der Waals surface area contributed by atoms with Crippen LogP contribution in [-0.2, 0) is 6.42 Å². The van der Waals surface area contributed by atoms with E-state index >= 15 is 0 Å². The second-order valence-electron chi connectivity index (χ2n) is 4.39. The third kappa shape index (κ3) is 3.42. The number of methoxy groups -OCH3 is 1. The molecule has 2 aromatic rings. The summed E-state index contributed by atoms with van der Waals surface area (Å²) < 4.78 is 5.13. The number of hydrogen-bond donors (Lipinski definition) is 1. The molecule has 0 atom stereocenters. The molecule has 20 heavy (non-hydrogen) atoms. The normalized spacial score (nSPS) is 10.6. The van der Waals surface area contributed by atoms with Crippen LogP contribution < -0.4 is 10.3 Å². The largest absolute Gasteiger partial charge is 0.497 e. The van der Waals surface area contributed by atoms with E-state index in [0.717, 1.165) is 28.3 Å². The number of benzene rings is 1. The second-order valence-corrected chi connectivity index (χ2v) is 5.65. The highest BCUT2D eigenvalue weighted by Crippen LogP contribution is 2.16. The average Bonchev–Trinajstić information content (AvgIpc) is 2.44. The summed E-state index contributed by atoms with van der Waals surface area (Å²) in [5.74, 6) is 1.70. The standard InChI is InChI=1S/C15H18N2O2S/c1-4-20-15-16-10(2)13(14(18)17-15)9-11-5-7-12(19-3)8-6-11/h5-8H,4,9H2,1-3H3,(H,16,17,18). The summed E-state index contributed by atoms with van der Waals surface area (Å²) in [5, 5.41) is 0.688. The van der Waals surface area contributed by atoms with Crippen molar-refractivity contribution in [2.75, 3.05) is 12.9 Å². The van der Waals surface area contributed by atoms with E-state index in [1.165, 1.54) is 0 Å². The van der Waals surface area contributed by atoms with Crippen LogP contribution in [-0.4, -0.2) is 22.8 Å². The van der Waals surface area contributed by atoms with E-state index in [0.29, 0.717) is 11.6 Å². The number of nitrogens with zero attached hydrogens (tertiary/aromatic N) is 1. The molecule has 0 aliphatic carbocycles. The van der Waals surface area contributed by atoms with Crippen molar-refractivity contribution in [1.29, 1.82) is 0 Å². The van der Waals surface area contributed by atoms with Crippen LogP contribution in [0.5, 0.6) is 5.75 Å². The van der Waals surface area contributed by atoms with Gasteiger partial charge in [0.05, 0.1) is 7.11 Å². The van der Waals surface area contributed by atoms with Gasteiger partial charge in [-0.1, -0.05) is 30.8 Å². The molecule has 0 radical (unpaired) electrons. The lowest BCUT2D eigenvalue weighted by molar-refractivity contribution is 0.414. The minimum absolute atomic E-state index is 0.0516. The van der Waals surface area contributed by atoms with E-state index < -0.39 is 0 Å². The zero-order valence-corrected chi connectivity index (χ0v) is 12.7. The van der Waals surface area contributed by atoms with Crippen LogP contribution >= 0.6 is 11.8 Å². The maximum atomic E-state index is 12.1. The molecule has 1 heterocycles. The number of nitrogens with one attached hydrogen (secondary N) is 1. The number of aromatic amines is 1. The van der Waals surface area contributed by atoms with Gasteiger partial charge < -0.3 is 9.72 Å². The maximum absolute atomic E-state index is 12.1. The Labute approximate surface area is 122 Å². The van der Waals surface area contributed by atoms with Gasteiger partial charge >= 0.3 is 0 Å². The van der Waals surface area contributed by atoms with Crippen LogP contribution in [0.15, 0.2) is 34.2 Å². The topological polar surface area (TPSA) is 55.0 Å². The van der Waals surface area contributed by atoms with Crippen LogP contribution in [0.3, 0.4) is 0 Å². The van der Waals surface area contributed by atoms with Crippen molar-refractivity contribution in [3.63, 3.8) is 0 Å². The Bertz CT molecular complexity index is 635. The van der Waals surface area contributed by atoms with Crippen molar-refractivity contribution in [1.82, 2.24) is 9.97 Å². The van der Waals surface area contributed by atoms with E-state index in [4.69, 9.17) is 4.74 Å². The van der Waals surface area contributed by atoms with Crippen LogP contribution in [0.25, 0.3) is 0 Å². The first-order chi connectivity index (χ1) is 9.63. The monoisotopic (exact) mass is 290 g/mol. The molecule has 1 aromatic carbocycles.